The molecule has 0 aliphatic heterocycles. The third kappa shape index (κ3) is 9.96. The molecule has 0 unspecified atom stereocenters. The van der Waals surface area contributed by atoms with Gasteiger partial charge in [0.25, 0.3) is 0 Å². The molecule has 266 valence electrons. The predicted octanol–water partition coefficient (Wildman–Crippen LogP) is 11.5. The molecule has 0 aliphatic carbocycles. The van der Waals surface area contributed by atoms with E-state index in [1.165, 1.54) is 0 Å². The molecule has 4 aromatic rings. The molecule has 49 heavy (non-hydrogen) atoms. The van der Waals surface area contributed by atoms with Crippen molar-refractivity contribution in [2.45, 2.75) is 105 Å². The van der Waals surface area contributed by atoms with Gasteiger partial charge in [0.05, 0.1) is 39.5 Å². The molecular weight excluding hydrogens is 616 g/mol. The third-order valence-electron chi connectivity index (χ3n) is 8.43. The first kappa shape index (κ1) is 37.7. The van der Waals surface area contributed by atoms with E-state index in [0.29, 0.717) is 61.8 Å². The number of rotatable bonds is 23. The van der Waals surface area contributed by atoms with Gasteiger partial charge in [0.15, 0.2) is 34.5 Å². The van der Waals surface area contributed by atoms with Gasteiger partial charge in [0.2, 0.25) is 0 Å². The molecule has 0 aromatic heterocycles. The number of benzene rings is 4. The fourth-order valence-corrected chi connectivity index (χ4v) is 5.58. The highest BCUT2D eigenvalue weighted by Crippen LogP contribution is 2.47. The zero-order chi connectivity index (χ0) is 35.0. The molecular formula is C42H56O7. The Hall–Kier alpha value is -4.13. The van der Waals surface area contributed by atoms with Crippen LogP contribution in [-0.2, 0) is 4.79 Å². The predicted molar refractivity (Wildman–Crippen MR) is 201 cm³/mol. The largest absolute Gasteiger partial charge is 0.490 e. The Morgan fingerprint density at radius 1 is 0.469 bits per heavy atom. The molecule has 7 nitrogen and oxygen atoms in total. The molecule has 4 aromatic carbocycles. The maximum Gasteiger partial charge on any atom is 0.315 e. The van der Waals surface area contributed by atoms with Crippen molar-refractivity contribution in [3.63, 3.8) is 0 Å². The number of carbonyl (C=O) groups excluding carboxylic acids is 1. The number of ether oxygens (including phenoxy) is 6. The molecule has 0 saturated carbocycles. The zero-order valence-corrected chi connectivity index (χ0v) is 30.4. The highest BCUT2D eigenvalue weighted by atomic mass is 16.6. The maximum absolute atomic E-state index is 12.8. The van der Waals surface area contributed by atoms with Gasteiger partial charge in [-0.1, -0.05) is 72.8 Å². The lowest BCUT2D eigenvalue weighted by atomic mass is 9.93. The van der Waals surface area contributed by atoms with Crippen molar-refractivity contribution >= 4 is 38.3 Å². The average molecular weight is 673 g/mol. The van der Waals surface area contributed by atoms with Crippen LogP contribution in [-0.4, -0.2) is 39.0 Å². The van der Waals surface area contributed by atoms with Crippen molar-refractivity contribution in [1.29, 1.82) is 0 Å². The van der Waals surface area contributed by atoms with Crippen molar-refractivity contribution in [2.24, 2.45) is 0 Å². The Morgan fingerprint density at radius 2 is 0.714 bits per heavy atom. The van der Waals surface area contributed by atoms with Gasteiger partial charge in [0.1, 0.15) is 0 Å². The minimum Gasteiger partial charge on any atom is -0.490 e. The summed E-state index contributed by atoms with van der Waals surface area (Å²) < 4.78 is 37.7. The lowest BCUT2D eigenvalue weighted by Gasteiger charge is -2.20. The molecule has 0 saturated heterocycles. The molecule has 0 fully saturated rings. The first-order valence-electron chi connectivity index (χ1n) is 18.5. The van der Waals surface area contributed by atoms with E-state index < -0.39 is 5.97 Å². The number of carbonyl (C=O) groups is 1. The smallest absolute Gasteiger partial charge is 0.315 e. The van der Waals surface area contributed by atoms with E-state index in [0.717, 1.165) is 102 Å². The summed E-state index contributed by atoms with van der Waals surface area (Å²) in [4.78, 5) is 12.8. The van der Waals surface area contributed by atoms with E-state index in [4.69, 9.17) is 28.4 Å². The Bertz CT molecular complexity index is 1630. The van der Waals surface area contributed by atoms with Crippen LogP contribution in [0.25, 0.3) is 32.3 Å². The Labute approximate surface area is 292 Å². The molecule has 0 aliphatic rings. The third-order valence-corrected chi connectivity index (χ3v) is 8.43. The summed E-state index contributed by atoms with van der Waals surface area (Å²) in [6, 6.07) is 12.3. The van der Waals surface area contributed by atoms with Gasteiger partial charge in [-0.05, 0) is 101 Å². The molecule has 0 spiro atoms. The SMILES string of the molecule is C=CCC(=O)Oc1cc2c3cc(OCCCC)c(OCCCC)cc3c3cc(OCCCC)c(OCCCC)cc3c2cc1OCCCC. The quantitative estimate of drug-likeness (QED) is 0.0255. The fourth-order valence-electron chi connectivity index (χ4n) is 5.58. The second-order valence-electron chi connectivity index (χ2n) is 12.5. The maximum atomic E-state index is 12.8. The van der Waals surface area contributed by atoms with Crippen LogP contribution < -0.4 is 28.4 Å². The van der Waals surface area contributed by atoms with Crippen molar-refractivity contribution in [3.05, 3.63) is 49.1 Å². The van der Waals surface area contributed by atoms with E-state index in [-0.39, 0.29) is 6.42 Å². The number of esters is 1. The van der Waals surface area contributed by atoms with E-state index in [1.807, 2.05) is 12.1 Å². The van der Waals surface area contributed by atoms with E-state index in [2.05, 4.69) is 65.5 Å². The second kappa shape index (κ2) is 19.8. The number of hydrogen-bond donors (Lipinski definition) is 0. The van der Waals surface area contributed by atoms with Gasteiger partial charge in [-0.25, -0.2) is 0 Å². The molecule has 0 amide bonds. The van der Waals surface area contributed by atoms with Crippen LogP contribution in [0.4, 0.5) is 0 Å². The van der Waals surface area contributed by atoms with Crippen LogP contribution in [0.15, 0.2) is 49.1 Å². The summed E-state index contributed by atoms with van der Waals surface area (Å²) in [5, 5.41) is 5.80. The summed E-state index contributed by atoms with van der Waals surface area (Å²) in [6.07, 6.45) is 11.4. The van der Waals surface area contributed by atoms with Crippen LogP contribution >= 0.6 is 0 Å². The minimum atomic E-state index is -0.393. The normalized spacial score (nSPS) is 11.2. The Kier molecular flexibility index (Phi) is 15.2. The molecule has 4 rings (SSSR count). The standard InChI is InChI=1S/C42H56O7/c1-7-13-19-44-36-24-30-31-25-37(45-20-14-8-2)39(47-22-16-10-4)27-33(31)35-29-41(49-42(43)18-12-6)40(48-23-17-11-5)28-34(35)32(30)26-38(36)46-21-15-9-3/h12,24-29H,6-11,13-23H2,1-5H3. The van der Waals surface area contributed by atoms with Gasteiger partial charge < -0.3 is 28.4 Å². The number of fused-ring (bicyclic) bond motifs is 6. The Morgan fingerprint density at radius 3 is 0.959 bits per heavy atom. The minimum absolute atomic E-state index is 0.0953. The summed E-state index contributed by atoms with van der Waals surface area (Å²) in [5.74, 6) is 3.36. The number of unbranched alkanes of at least 4 members (excludes halogenated alkanes) is 5. The monoisotopic (exact) mass is 672 g/mol. The lowest BCUT2D eigenvalue weighted by Crippen LogP contribution is -2.08. The summed E-state index contributed by atoms with van der Waals surface area (Å²) in [5.41, 5.74) is 0. The summed E-state index contributed by atoms with van der Waals surface area (Å²) >= 11 is 0. The summed E-state index contributed by atoms with van der Waals surface area (Å²) in [6.45, 7) is 17.3. The second-order valence-corrected chi connectivity index (χ2v) is 12.5. The molecule has 7 heteroatoms. The van der Waals surface area contributed by atoms with Crippen LogP contribution in [0.5, 0.6) is 34.5 Å². The van der Waals surface area contributed by atoms with Crippen molar-refractivity contribution in [3.8, 4) is 34.5 Å². The van der Waals surface area contributed by atoms with Crippen molar-refractivity contribution < 1.29 is 33.2 Å². The van der Waals surface area contributed by atoms with Gasteiger partial charge >= 0.3 is 5.97 Å². The molecule has 0 bridgehead atoms. The van der Waals surface area contributed by atoms with Gasteiger partial charge in [-0.15, -0.1) is 6.58 Å². The molecule has 0 atom stereocenters. The van der Waals surface area contributed by atoms with Gasteiger partial charge in [-0.2, -0.15) is 0 Å². The van der Waals surface area contributed by atoms with Crippen LogP contribution in [0.1, 0.15) is 105 Å². The van der Waals surface area contributed by atoms with Crippen molar-refractivity contribution in [1.82, 2.24) is 0 Å². The molecule has 0 N–H and O–H groups in total. The van der Waals surface area contributed by atoms with Crippen LogP contribution in [0.3, 0.4) is 0 Å². The van der Waals surface area contributed by atoms with E-state index in [9.17, 15) is 4.79 Å². The molecule has 0 radical (unpaired) electrons. The summed E-state index contributed by atoms with van der Waals surface area (Å²) in [7, 11) is 0. The van der Waals surface area contributed by atoms with E-state index in [1.54, 1.807) is 6.08 Å². The fraction of sp³-hybridized carbons (Fsp3) is 0.500. The van der Waals surface area contributed by atoms with E-state index >= 15 is 0 Å². The topological polar surface area (TPSA) is 72.5 Å². The number of hydrogen-bond acceptors (Lipinski definition) is 7. The first-order chi connectivity index (χ1) is 24.0. The Balaban J connectivity index is 2.08. The highest BCUT2D eigenvalue weighted by Gasteiger charge is 2.21. The lowest BCUT2D eigenvalue weighted by molar-refractivity contribution is -0.133. The zero-order valence-electron chi connectivity index (χ0n) is 30.4. The average Bonchev–Trinajstić information content (AvgIpc) is 3.09. The first-order valence-corrected chi connectivity index (χ1v) is 18.5. The van der Waals surface area contributed by atoms with Crippen molar-refractivity contribution in [2.75, 3.05) is 33.0 Å². The van der Waals surface area contributed by atoms with Crippen LogP contribution in [0.2, 0.25) is 0 Å². The van der Waals surface area contributed by atoms with Gasteiger partial charge in [-0.3, -0.25) is 4.79 Å². The highest BCUT2D eigenvalue weighted by molar-refractivity contribution is 6.27. The molecule has 0 heterocycles. The van der Waals surface area contributed by atoms with Gasteiger partial charge in [0, 0.05) is 0 Å². The van der Waals surface area contributed by atoms with Crippen LogP contribution in [0, 0.1) is 0 Å².